The average molecular weight is 230 g/mol. The topological polar surface area (TPSA) is 31.0 Å². The third-order valence-electron chi connectivity index (χ3n) is 3.24. The van der Waals surface area contributed by atoms with Crippen LogP contribution in [-0.2, 0) is 14.2 Å². The van der Waals surface area contributed by atoms with Crippen LogP contribution in [0.4, 0.5) is 0 Å². The highest BCUT2D eigenvalue weighted by Gasteiger charge is 2.66. The maximum atomic E-state index is 5.90. The van der Waals surface area contributed by atoms with E-state index < -0.39 is 5.79 Å². The van der Waals surface area contributed by atoms with E-state index in [1.54, 1.807) is 13.0 Å². The summed E-state index contributed by atoms with van der Waals surface area (Å²) in [5, 5.41) is 0. The van der Waals surface area contributed by atoms with Gasteiger partial charge in [-0.2, -0.15) is 0 Å². The molecular formula is C14H14O3. The van der Waals surface area contributed by atoms with Gasteiger partial charge in [-0.1, -0.05) is 11.8 Å². The monoisotopic (exact) mass is 230 g/mol. The second kappa shape index (κ2) is 4.11. The van der Waals surface area contributed by atoms with Crippen molar-refractivity contribution in [1.29, 1.82) is 0 Å². The fourth-order valence-corrected chi connectivity index (χ4v) is 2.39. The van der Waals surface area contributed by atoms with Gasteiger partial charge in [0.1, 0.15) is 11.9 Å². The van der Waals surface area contributed by atoms with Crippen molar-refractivity contribution in [2.75, 3.05) is 6.61 Å². The fraction of sp³-hybridized carbons (Fsp3) is 0.571. The van der Waals surface area contributed by atoms with Crippen molar-refractivity contribution in [1.82, 2.24) is 0 Å². The standard InChI is InChI=1S/C14H14O3/c1-2-3-4-5-8-11-12-13(16-12)14(17-11)9-6-7-10-15-14/h8,12-13H,6-7,9-10H2,1H3/b11-8-/t12-,13-,14-/m1/s1. The highest BCUT2D eigenvalue weighted by Crippen LogP contribution is 2.52. The Balaban J connectivity index is 1.74. The summed E-state index contributed by atoms with van der Waals surface area (Å²) in [7, 11) is 0. The van der Waals surface area contributed by atoms with E-state index in [1.165, 1.54) is 0 Å². The van der Waals surface area contributed by atoms with Gasteiger partial charge in [0, 0.05) is 12.5 Å². The van der Waals surface area contributed by atoms with Crippen LogP contribution in [0.15, 0.2) is 11.8 Å². The molecule has 3 aliphatic rings. The summed E-state index contributed by atoms with van der Waals surface area (Å²) < 4.78 is 17.3. The molecule has 3 nitrogen and oxygen atoms in total. The molecule has 0 aliphatic carbocycles. The molecule has 3 aliphatic heterocycles. The third kappa shape index (κ3) is 1.82. The Hall–Kier alpha value is -1.42. The van der Waals surface area contributed by atoms with Gasteiger partial charge in [-0.15, -0.1) is 0 Å². The molecule has 0 bridgehead atoms. The molecule has 3 atom stereocenters. The van der Waals surface area contributed by atoms with Crippen LogP contribution in [0.5, 0.6) is 0 Å². The SMILES string of the molecule is CC#CC#C/C=C1\O[C@]2(CCCCO2)[C@@H]2O[C@H]12. The molecule has 0 N–H and O–H groups in total. The van der Waals surface area contributed by atoms with Crippen LogP contribution in [0, 0.1) is 23.7 Å². The summed E-state index contributed by atoms with van der Waals surface area (Å²) in [4.78, 5) is 0. The number of hydrogen-bond acceptors (Lipinski definition) is 3. The molecule has 0 aromatic heterocycles. The van der Waals surface area contributed by atoms with Crippen LogP contribution in [0.2, 0.25) is 0 Å². The largest absolute Gasteiger partial charge is 0.460 e. The molecule has 0 amide bonds. The van der Waals surface area contributed by atoms with Crippen molar-refractivity contribution < 1.29 is 14.2 Å². The van der Waals surface area contributed by atoms with Crippen molar-refractivity contribution >= 4 is 0 Å². The second-order valence-corrected chi connectivity index (χ2v) is 4.39. The van der Waals surface area contributed by atoms with E-state index in [1.807, 2.05) is 0 Å². The van der Waals surface area contributed by atoms with E-state index in [2.05, 4.69) is 23.7 Å². The highest BCUT2D eigenvalue weighted by molar-refractivity contribution is 5.34. The zero-order valence-corrected chi connectivity index (χ0v) is 9.79. The molecule has 3 heteroatoms. The van der Waals surface area contributed by atoms with Gasteiger partial charge in [-0.25, -0.2) is 0 Å². The Kier molecular flexibility index (Phi) is 2.59. The van der Waals surface area contributed by atoms with Crippen molar-refractivity contribution in [2.24, 2.45) is 0 Å². The van der Waals surface area contributed by atoms with Gasteiger partial charge in [0.2, 0.25) is 5.79 Å². The van der Waals surface area contributed by atoms with E-state index in [-0.39, 0.29) is 12.2 Å². The predicted octanol–water partition coefficient (Wildman–Crippen LogP) is 1.59. The molecule has 3 heterocycles. The Morgan fingerprint density at radius 2 is 2.29 bits per heavy atom. The summed E-state index contributed by atoms with van der Waals surface area (Å²) in [6.45, 7) is 2.52. The molecule has 0 unspecified atom stereocenters. The third-order valence-corrected chi connectivity index (χ3v) is 3.24. The minimum atomic E-state index is -0.521. The lowest BCUT2D eigenvalue weighted by Gasteiger charge is -2.33. The molecule has 88 valence electrons. The molecular weight excluding hydrogens is 216 g/mol. The molecule has 0 aromatic carbocycles. The molecule has 3 fully saturated rings. The van der Waals surface area contributed by atoms with Crippen LogP contribution >= 0.6 is 0 Å². The van der Waals surface area contributed by atoms with Crippen LogP contribution in [-0.4, -0.2) is 24.6 Å². The molecule has 0 aromatic rings. The minimum Gasteiger partial charge on any atom is -0.460 e. The Bertz CT molecular complexity index is 463. The Morgan fingerprint density at radius 3 is 3.06 bits per heavy atom. The van der Waals surface area contributed by atoms with Crippen molar-refractivity contribution in [3.8, 4) is 23.7 Å². The lowest BCUT2D eigenvalue weighted by Crippen LogP contribution is -2.41. The maximum absolute atomic E-state index is 5.90. The summed E-state index contributed by atoms with van der Waals surface area (Å²) in [6, 6.07) is 0. The Labute approximate surface area is 101 Å². The number of fused-ring (bicyclic) bond motifs is 2. The first kappa shape index (κ1) is 10.7. The number of hydrogen-bond donors (Lipinski definition) is 0. The van der Waals surface area contributed by atoms with E-state index in [0.717, 1.165) is 31.6 Å². The number of ether oxygens (including phenoxy) is 3. The molecule has 17 heavy (non-hydrogen) atoms. The first-order valence-electron chi connectivity index (χ1n) is 5.96. The summed E-state index contributed by atoms with van der Waals surface area (Å²) in [5.74, 6) is 11.3. The van der Waals surface area contributed by atoms with E-state index in [4.69, 9.17) is 14.2 Å². The minimum absolute atomic E-state index is 0.0528. The first-order valence-corrected chi connectivity index (χ1v) is 5.96. The van der Waals surface area contributed by atoms with Crippen molar-refractivity contribution in [3.05, 3.63) is 11.8 Å². The maximum Gasteiger partial charge on any atom is 0.239 e. The van der Waals surface area contributed by atoms with Crippen molar-refractivity contribution in [2.45, 2.75) is 44.2 Å². The molecule has 3 saturated heterocycles. The van der Waals surface area contributed by atoms with Gasteiger partial charge in [0.05, 0.1) is 6.61 Å². The average Bonchev–Trinajstić information content (AvgIpc) is 3.10. The summed E-state index contributed by atoms with van der Waals surface area (Å²) in [5.41, 5.74) is 0. The van der Waals surface area contributed by atoms with Gasteiger partial charge in [-0.05, 0) is 31.6 Å². The fourth-order valence-electron chi connectivity index (χ4n) is 2.39. The van der Waals surface area contributed by atoms with Crippen LogP contribution in [0.3, 0.4) is 0 Å². The predicted molar refractivity (Wildman–Crippen MR) is 61.6 cm³/mol. The zero-order chi connectivity index (χ0) is 11.7. The molecule has 0 saturated carbocycles. The molecule has 0 radical (unpaired) electrons. The van der Waals surface area contributed by atoms with Crippen LogP contribution in [0.1, 0.15) is 26.2 Å². The normalized spacial score (nSPS) is 39.7. The van der Waals surface area contributed by atoms with Gasteiger partial charge in [0.15, 0.2) is 6.10 Å². The number of allylic oxidation sites excluding steroid dienone is 1. The summed E-state index contributed by atoms with van der Waals surface area (Å²) in [6.07, 6.45) is 5.03. The van der Waals surface area contributed by atoms with Crippen LogP contribution in [0.25, 0.3) is 0 Å². The molecule has 3 rings (SSSR count). The van der Waals surface area contributed by atoms with Gasteiger partial charge >= 0.3 is 0 Å². The zero-order valence-electron chi connectivity index (χ0n) is 9.79. The van der Waals surface area contributed by atoms with Gasteiger partial charge in [-0.3, -0.25) is 0 Å². The first-order chi connectivity index (χ1) is 8.36. The number of rotatable bonds is 0. The lowest BCUT2D eigenvalue weighted by molar-refractivity contribution is -0.240. The van der Waals surface area contributed by atoms with Crippen molar-refractivity contribution in [3.63, 3.8) is 0 Å². The van der Waals surface area contributed by atoms with E-state index >= 15 is 0 Å². The second-order valence-electron chi connectivity index (χ2n) is 4.39. The van der Waals surface area contributed by atoms with Crippen LogP contribution < -0.4 is 0 Å². The van der Waals surface area contributed by atoms with Gasteiger partial charge in [0.25, 0.3) is 0 Å². The van der Waals surface area contributed by atoms with Gasteiger partial charge < -0.3 is 14.2 Å². The van der Waals surface area contributed by atoms with E-state index in [0.29, 0.717) is 0 Å². The smallest absolute Gasteiger partial charge is 0.239 e. The molecule has 1 spiro atoms. The highest BCUT2D eigenvalue weighted by atomic mass is 16.8. The lowest BCUT2D eigenvalue weighted by atomic mass is 10.0. The summed E-state index contributed by atoms with van der Waals surface area (Å²) >= 11 is 0. The number of epoxide rings is 1. The Morgan fingerprint density at radius 1 is 1.35 bits per heavy atom. The van der Waals surface area contributed by atoms with E-state index in [9.17, 15) is 0 Å². The quantitative estimate of drug-likeness (QED) is 0.468.